The molecule has 0 aliphatic carbocycles. The summed E-state index contributed by atoms with van der Waals surface area (Å²) in [6, 6.07) is 0. The van der Waals surface area contributed by atoms with Crippen LogP contribution < -0.4 is 0 Å². The van der Waals surface area contributed by atoms with Gasteiger partial charge in [-0.05, 0) is 70.6 Å². The number of hydrogen-bond acceptors (Lipinski definition) is 7. The third-order valence-corrected chi connectivity index (χ3v) is 18.9. The fraction of sp³-hybridized carbons (Fsp3) is 0.809. The largest absolute Gasteiger partial charge is 0.477 e. The number of aliphatic carboxylic acids is 1. The van der Waals surface area contributed by atoms with Gasteiger partial charge >= 0.3 is 17.9 Å². The van der Waals surface area contributed by atoms with E-state index in [4.69, 9.17) is 18.9 Å². The highest BCUT2D eigenvalue weighted by molar-refractivity contribution is 5.71. The highest BCUT2D eigenvalue weighted by Crippen LogP contribution is 2.20. The lowest BCUT2D eigenvalue weighted by atomic mass is 10.0. The molecule has 0 aromatic heterocycles. The molecule has 0 spiro atoms. The first-order valence-electron chi connectivity index (χ1n) is 42.3. The average Bonchev–Trinajstić information content (AvgIpc) is 1.38. The van der Waals surface area contributed by atoms with Crippen LogP contribution in [0, 0.1) is 0 Å². The Morgan fingerprint density at radius 1 is 0.316 bits per heavy atom. The van der Waals surface area contributed by atoms with E-state index in [1.165, 1.54) is 295 Å². The van der Waals surface area contributed by atoms with Crippen LogP contribution in [0.4, 0.5) is 0 Å². The van der Waals surface area contributed by atoms with Gasteiger partial charge in [0.1, 0.15) is 13.2 Å². The summed E-state index contributed by atoms with van der Waals surface area (Å²) >= 11 is 0. The number of allylic oxidation sites excluding steroid dienone is 14. The fourth-order valence-electron chi connectivity index (χ4n) is 12.5. The lowest BCUT2D eigenvalue weighted by molar-refractivity contribution is -0.870. The molecule has 0 bridgehead atoms. The van der Waals surface area contributed by atoms with Gasteiger partial charge in [0.05, 0.1) is 34.4 Å². The molecule has 2 atom stereocenters. The van der Waals surface area contributed by atoms with Gasteiger partial charge in [-0.2, -0.15) is 0 Å². The van der Waals surface area contributed by atoms with Gasteiger partial charge in [0.15, 0.2) is 6.10 Å². The number of carboxylic acid groups (broad SMARTS) is 1. The maximum Gasteiger partial charge on any atom is 0.361 e. The van der Waals surface area contributed by atoms with Crippen molar-refractivity contribution in [3.05, 3.63) is 85.1 Å². The van der Waals surface area contributed by atoms with E-state index >= 15 is 0 Å². The van der Waals surface area contributed by atoms with E-state index in [1.807, 2.05) is 21.1 Å². The number of likely N-dealkylation sites (N-methyl/N-ethyl adjacent to an activating group) is 1. The van der Waals surface area contributed by atoms with E-state index in [2.05, 4.69) is 98.9 Å². The molecular weight excluding hydrogens is 1210 g/mol. The van der Waals surface area contributed by atoms with Crippen LogP contribution in [0.3, 0.4) is 0 Å². The summed E-state index contributed by atoms with van der Waals surface area (Å²) in [6.45, 7) is 4.83. The first kappa shape index (κ1) is 94.5. The molecule has 2 unspecified atom stereocenters. The lowest BCUT2D eigenvalue weighted by Crippen LogP contribution is -2.40. The SMILES string of the molecule is CC/C=C\C/C=C\C/C=C\C/C=C\C/C=C\C/C=C\C/C=C\CCCCCCCCCCCCCCCCCCCC(=O)OC(COC(=O)CCCCCCCCCCCCCCCCCCCCCCCCCCCCCCCCCCCC)COC(OCC[N+](C)(C)C)C(=O)O. The highest BCUT2D eigenvalue weighted by Gasteiger charge is 2.25. The van der Waals surface area contributed by atoms with Gasteiger partial charge in [-0.1, -0.05) is 407 Å². The second kappa shape index (κ2) is 79.2. The zero-order valence-corrected chi connectivity index (χ0v) is 65.5. The molecule has 0 rings (SSSR count). The minimum Gasteiger partial charge on any atom is -0.477 e. The predicted molar refractivity (Wildman–Crippen MR) is 424 cm³/mol. The minimum absolute atomic E-state index is 0.178. The lowest BCUT2D eigenvalue weighted by Gasteiger charge is -2.25. The summed E-state index contributed by atoms with van der Waals surface area (Å²) in [7, 11) is 6.00. The van der Waals surface area contributed by atoms with Crippen molar-refractivity contribution < 1.29 is 42.9 Å². The number of carbonyl (C=O) groups excluding carboxylic acids is 2. The zero-order valence-electron chi connectivity index (χ0n) is 65.5. The van der Waals surface area contributed by atoms with Crippen molar-refractivity contribution in [1.29, 1.82) is 0 Å². The van der Waals surface area contributed by atoms with Gasteiger partial charge in [0.2, 0.25) is 0 Å². The average molecular weight is 1370 g/mol. The second-order valence-corrected chi connectivity index (χ2v) is 29.8. The third kappa shape index (κ3) is 79.8. The van der Waals surface area contributed by atoms with Crippen molar-refractivity contribution in [2.24, 2.45) is 0 Å². The molecule has 98 heavy (non-hydrogen) atoms. The smallest absolute Gasteiger partial charge is 0.361 e. The van der Waals surface area contributed by atoms with E-state index < -0.39 is 18.4 Å². The van der Waals surface area contributed by atoms with E-state index in [0.717, 1.165) is 83.5 Å². The molecule has 0 heterocycles. The Morgan fingerprint density at radius 3 is 0.867 bits per heavy atom. The van der Waals surface area contributed by atoms with Crippen molar-refractivity contribution in [2.75, 3.05) is 47.5 Å². The second-order valence-electron chi connectivity index (χ2n) is 29.8. The minimum atomic E-state index is -1.51. The molecule has 9 nitrogen and oxygen atoms in total. The van der Waals surface area contributed by atoms with Crippen molar-refractivity contribution >= 4 is 17.9 Å². The molecule has 0 fully saturated rings. The molecule has 0 radical (unpaired) electrons. The maximum absolute atomic E-state index is 13.0. The monoisotopic (exact) mass is 1370 g/mol. The van der Waals surface area contributed by atoms with E-state index in [0.29, 0.717) is 17.4 Å². The van der Waals surface area contributed by atoms with Crippen molar-refractivity contribution in [3.63, 3.8) is 0 Å². The molecule has 9 heteroatoms. The summed E-state index contributed by atoms with van der Waals surface area (Å²) in [5, 5.41) is 9.78. The summed E-state index contributed by atoms with van der Waals surface area (Å²) < 4.78 is 23.1. The van der Waals surface area contributed by atoms with Gasteiger partial charge in [0, 0.05) is 12.8 Å². The highest BCUT2D eigenvalue weighted by atomic mass is 16.7. The molecular formula is C89H162NO8+. The number of rotatable bonds is 79. The van der Waals surface area contributed by atoms with Crippen LogP contribution in [0.25, 0.3) is 0 Å². The Morgan fingerprint density at radius 2 is 0.582 bits per heavy atom. The van der Waals surface area contributed by atoms with Crippen molar-refractivity contribution in [1.82, 2.24) is 0 Å². The van der Waals surface area contributed by atoms with Crippen molar-refractivity contribution in [2.45, 2.75) is 418 Å². The van der Waals surface area contributed by atoms with Gasteiger partial charge < -0.3 is 28.5 Å². The zero-order chi connectivity index (χ0) is 71.1. The van der Waals surface area contributed by atoms with Crippen LogP contribution in [-0.4, -0.2) is 87.4 Å². The third-order valence-electron chi connectivity index (χ3n) is 18.9. The van der Waals surface area contributed by atoms with Gasteiger partial charge in [0.25, 0.3) is 6.29 Å². The molecule has 0 saturated carbocycles. The first-order chi connectivity index (χ1) is 48.1. The Balaban J connectivity index is 3.97. The standard InChI is InChI=1S/C89H161NO8/c1-6-8-10-12-14-16-18-20-22-24-26-28-30-32-34-36-38-40-42-43-44-45-46-48-50-52-54-56-58-60-62-64-66-68-70-72-74-76-78-80-87(92)98-85(84-97-89(88(93)94)95-82-81-90(3,4)5)83-96-86(91)79-77-75-73-71-69-67-65-63-61-59-57-55-53-51-49-47-41-39-37-35-33-31-29-27-25-23-21-19-17-15-13-11-9-7-2/h8,10,14,16,20,22,26,28,32,34,38,40,43-44,85,89H,6-7,9,11-13,15,17-19,21,23-25,27,29-31,33,35-37,39,41-42,45-84H2,1-5H3/p+1/b10-8-,16-14-,22-20-,28-26-,34-32-,40-38-,44-43-. The van der Waals surface area contributed by atoms with E-state index in [9.17, 15) is 19.5 Å². The number of nitrogens with zero attached hydrogens (tertiary/aromatic N) is 1. The molecule has 0 aliphatic rings. The normalized spacial score (nSPS) is 13.0. The Kier molecular flexibility index (Phi) is 76.3. The van der Waals surface area contributed by atoms with Crippen LogP contribution in [0.1, 0.15) is 406 Å². The Bertz CT molecular complexity index is 1890. The molecule has 0 saturated heterocycles. The first-order valence-corrected chi connectivity index (χ1v) is 42.3. The van der Waals surface area contributed by atoms with Crippen LogP contribution >= 0.6 is 0 Å². The molecule has 0 amide bonds. The quantitative estimate of drug-likeness (QED) is 0.0211. The summed E-state index contributed by atoms with van der Waals surface area (Å²) in [4.78, 5) is 37.8. The summed E-state index contributed by atoms with van der Waals surface area (Å²) in [6.07, 6.45) is 106. The number of carboxylic acids is 1. The number of ether oxygens (including phenoxy) is 4. The molecule has 0 aromatic carbocycles. The number of carbonyl (C=O) groups is 3. The maximum atomic E-state index is 13.0. The Labute approximate surface area is 608 Å². The molecule has 1 N–H and O–H groups in total. The summed E-state index contributed by atoms with van der Waals surface area (Å²) in [5.41, 5.74) is 0. The summed E-state index contributed by atoms with van der Waals surface area (Å²) in [5.74, 6) is -1.98. The number of hydrogen-bond donors (Lipinski definition) is 1. The molecule has 0 aromatic rings. The van der Waals surface area contributed by atoms with Crippen LogP contribution in [0.2, 0.25) is 0 Å². The van der Waals surface area contributed by atoms with E-state index in [-0.39, 0.29) is 38.2 Å². The Hall–Kier alpha value is -3.53. The number of quaternary nitrogens is 1. The van der Waals surface area contributed by atoms with Gasteiger partial charge in [-0.25, -0.2) is 4.79 Å². The van der Waals surface area contributed by atoms with Crippen LogP contribution in [0.15, 0.2) is 85.1 Å². The fourth-order valence-corrected chi connectivity index (χ4v) is 12.5. The van der Waals surface area contributed by atoms with Gasteiger partial charge in [-0.15, -0.1) is 0 Å². The van der Waals surface area contributed by atoms with Gasteiger partial charge in [-0.3, -0.25) is 9.59 Å². The van der Waals surface area contributed by atoms with Crippen molar-refractivity contribution in [3.8, 4) is 0 Å². The number of esters is 2. The van der Waals surface area contributed by atoms with Crippen LogP contribution in [0.5, 0.6) is 0 Å². The molecule has 0 aliphatic heterocycles. The molecule has 570 valence electrons. The van der Waals surface area contributed by atoms with Crippen LogP contribution in [-0.2, 0) is 33.3 Å². The van der Waals surface area contributed by atoms with E-state index in [1.54, 1.807) is 0 Å². The predicted octanol–water partition coefficient (Wildman–Crippen LogP) is 27.3. The topological polar surface area (TPSA) is 108 Å². The number of unbranched alkanes of at least 4 members (excludes halogenated alkanes) is 50.